The second-order valence-corrected chi connectivity index (χ2v) is 8.81. The van der Waals surface area contributed by atoms with E-state index in [-0.39, 0.29) is 10.8 Å². The highest BCUT2D eigenvalue weighted by atomic mass is 32.2. The van der Waals surface area contributed by atoms with E-state index in [1.165, 1.54) is 0 Å². The van der Waals surface area contributed by atoms with E-state index in [0.717, 1.165) is 29.5 Å². The summed E-state index contributed by atoms with van der Waals surface area (Å²) in [6.07, 6.45) is 1.93. The lowest BCUT2D eigenvalue weighted by Crippen LogP contribution is -2.24. The fraction of sp³-hybridized carbons (Fsp3) is 0.208. The number of amides is 1. The molecule has 0 aliphatic rings. The van der Waals surface area contributed by atoms with Crippen LogP contribution in [0.25, 0.3) is 11.1 Å². The molecule has 6 heteroatoms. The first kappa shape index (κ1) is 21.6. The van der Waals surface area contributed by atoms with Crippen molar-refractivity contribution in [3.05, 3.63) is 83.9 Å². The van der Waals surface area contributed by atoms with E-state index in [2.05, 4.69) is 17.0 Å². The van der Waals surface area contributed by atoms with Crippen LogP contribution in [0.1, 0.15) is 35.7 Å². The lowest BCUT2D eigenvalue weighted by molar-refractivity contribution is 0.0953. The average Bonchev–Trinajstić information content (AvgIpc) is 2.74. The Labute approximate surface area is 178 Å². The molecule has 0 aromatic heterocycles. The Morgan fingerprint density at radius 2 is 1.57 bits per heavy atom. The van der Waals surface area contributed by atoms with Crippen LogP contribution in [0.2, 0.25) is 0 Å². The Bertz CT molecular complexity index is 1110. The van der Waals surface area contributed by atoms with Gasteiger partial charge in [0.15, 0.2) is 0 Å². The van der Waals surface area contributed by atoms with E-state index in [9.17, 15) is 13.2 Å². The fourth-order valence-corrected chi connectivity index (χ4v) is 4.15. The van der Waals surface area contributed by atoms with Crippen LogP contribution < -0.4 is 10.0 Å². The van der Waals surface area contributed by atoms with E-state index in [1.807, 2.05) is 31.2 Å². The standard InChI is InChI=1S/C24H26N2O3S/c1-3-4-17-25-24(27)20-9-13-21(14-10-20)26-30(28,29)22-15-11-19(12-16-22)23-8-6-5-7-18(23)2/h5-16,26H,3-4,17H2,1-2H3,(H,25,27). The molecule has 3 aromatic rings. The molecule has 0 bridgehead atoms. The summed E-state index contributed by atoms with van der Waals surface area (Å²) in [6, 6.07) is 21.2. The van der Waals surface area contributed by atoms with Gasteiger partial charge in [0.2, 0.25) is 0 Å². The van der Waals surface area contributed by atoms with Gasteiger partial charge in [0, 0.05) is 17.8 Å². The molecular formula is C24H26N2O3S. The Balaban J connectivity index is 1.70. The zero-order valence-electron chi connectivity index (χ0n) is 17.2. The molecular weight excluding hydrogens is 396 g/mol. The van der Waals surface area contributed by atoms with Crippen molar-refractivity contribution < 1.29 is 13.2 Å². The van der Waals surface area contributed by atoms with Crippen LogP contribution in [0.15, 0.2) is 77.7 Å². The smallest absolute Gasteiger partial charge is 0.261 e. The molecule has 0 aliphatic carbocycles. The summed E-state index contributed by atoms with van der Waals surface area (Å²) in [4.78, 5) is 12.2. The molecule has 30 heavy (non-hydrogen) atoms. The van der Waals surface area contributed by atoms with Crippen LogP contribution in [-0.2, 0) is 10.0 Å². The molecule has 0 radical (unpaired) electrons. The molecule has 0 unspecified atom stereocenters. The Morgan fingerprint density at radius 3 is 2.20 bits per heavy atom. The van der Waals surface area contributed by atoms with E-state index in [1.54, 1.807) is 48.5 Å². The molecule has 3 rings (SSSR count). The van der Waals surface area contributed by atoms with Gasteiger partial charge >= 0.3 is 0 Å². The van der Waals surface area contributed by atoms with Crippen LogP contribution in [-0.4, -0.2) is 20.9 Å². The molecule has 1 amide bonds. The van der Waals surface area contributed by atoms with Gasteiger partial charge in [0.25, 0.3) is 15.9 Å². The Kier molecular flexibility index (Phi) is 6.90. The van der Waals surface area contributed by atoms with Gasteiger partial charge in [-0.25, -0.2) is 8.42 Å². The van der Waals surface area contributed by atoms with Gasteiger partial charge in [-0.05, 0) is 66.4 Å². The first-order valence-corrected chi connectivity index (χ1v) is 11.5. The maximum absolute atomic E-state index is 12.7. The van der Waals surface area contributed by atoms with Gasteiger partial charge in [-0.15, -0.1) is 0 Å². The van der Waals surface area contributed by atoms with Crippen molar-refractivity contribution in [1.82, 2.24) is 5.32 Å². The van der Waals surface area contributed by atoms with Crippen LogP contribution in [0, 0.1) is 6.92 Å². The quantitative estimate of drug-likeness (QED) is 0.502. The normalized spacial score (nSPS) is 11.1. The predicted molar refractivity (Wildman–Crippen MR) is 121 cm³/mol. The Morgan fingerprint density at radius 1 is 0.900 bits per heavy atom. The molecule has 0 fully saturated rings. The van der Waals surface area contributed by atoms with Gasteiger partial charge in [-0.1, -0.05) is 49.7 Å². The third-order valence-electron chi connectivity index (χ3n) is 4.84. The maximum Gasteiger partial charge on any atom is 0.261 e. The first-order valence-electron chi connectivity index (χ1n) is 9.98. The summed E-state index contributed by atoms with van der Waals surface area (Å²) >= 11 is 0. The number of carbonyl (C=O) groups is 1. The number of carbonyl (C=O) groups excluding carboxylic acids is 1. The summed E-state index contributed by atoms with van der Waals surface area (Å²) in [5.41, 5.74) is 4.07. The minimum Gasteiger partial charge on any atom is -0.352 e. The van der Waals surface area contributed by atoms with E-state index < -0.39 is 10.0 Å². The predicted octanol–water partition coefficient (Wildman–Crippen LogP) is 4.99. The summed E-state index contributed by atoms with van der Waals surface area (Å²) in [5, 5.41) is 2.84. The van der Waals surface area contributed by atoms with Crippen molar-refractivity contribution in [2.75, 3.05) is 11.3 Å². The largest absolute Gasteiger partial charge is 0.352 e. The zero-order valence-corrected chi connectivity index (χ0v) is 18.0. The highest BCUT2D eigenvalue weighted by Crippen LogP contribution is 2.25. The van der Waals surface area contributed by atoms with Gasteiger partial charge in [-0.3, -0.25) is 9.52 Å². The van der Waals surface area contributed by atoms with Gasteiger partial charge in [-0.2, -0.15) is 0 Å². The third kappa shape index (κ3) is 5.27. The number of unbranched alkanes of at least 4 members (excludes halogenated alkanes) is 1. The molecule has 5 nitrogen and oxygen atoms in total. The molecule has 0 spiro atoms. The highest BCUT2D eigenvalue weighted by Gasteiger charge is 2.15. The molecule has 3 aromatic carbocycles. The second-order valence-electron chi connectivity index (χ2n) is 7.13. The second kappa shape index (κ2) is 9.59. The zero-order chi connectivity index (χ0) is 21.6. The number of aryl methyl sites for hydroxylation is 1. The lowest BCUT2D eigenvalue weighted by Gasteiger charge is -2.11. The number of hydrogen-bond acceptors (Lipinski definition) is 3. The summed E-state index contributed by atoms with van der Waals surface area (Å²) in [7, 11) is -3.72. The number of sulfonamides is 1. The van der Waals surface area contributed by atoms with Gasteiger partial charge in [0.1, 0.15) is 0 Å². The first-order chi connectivity index (χ1) is 14.4. The summed E-state index contributed by atoms with van der Waals surface area (Å²) in [5.74, 6) is -0.162. The maximum atomic E-state index is 12.7. The van der Waals surface area contributed by atoms with Crippen LogP contribution in [0.3, 0.4) is 0 Å². The molecule has 0 saturated carbocycles. The van der Waals surface area contributed by atoms with Crippen LogP contribution in [0.5, 0.6) is 0 Å². The number of anilines is 1. The number of rotatable bonds is 8. The highest BCUT2D eigenvalue weighted by molar-refractivity contribution is 7.92. The van der Waals surface area contributed by atoms with Crippen LogP contribution in [0.4, 0.5) is 5.69 Å². The van der Waals surface area contributed by atoms with E-state index in [0.29, 0.717) is 17.8 Å². The van der Waals surface area contributed by atoms with E-state index >= 15 is 0 Å². The van der Waals surface area contributed by atoms with Gasteiger partial charge < -0.3 is 5.32 Å². The van der Waals surface area contributed by atoms with Crippen LogP contribution >= 0.6 is 0 Å². The monoisotopic (exact) mass is 422 g/mol. The molecule has 0 saturated heterocycles. The SMILES string of the molecule is CCCCNC(=O)c1ccc(NS(=O)(=O)c2ccc(-c3ccccc3C)cc2)cc1. The van der Waals surface area contributed by atoms with Crippen molar-refractivity contribution in [3.63, 3.8) is 0 Å². The van der Waals surface area contributed by atoms with Crippen molar-refractivity contribution in [3.8, 4) is 11.1 Å². The fourth-order valence-electron chi connectivity index (χ4n) is 3.09. The number of nitrogens with one attached hydrogen (secondary N) is 2. The molecule has 0 heterocycles. The molecule has 0 aliphatic heterocycles. The molecule has 2 N–H and O–H groups in total. The minimum absolute atomic E-state index is 0.162. The van der Waals surface area contributed by atoms with Crippen molar-refractivity contribution in [2.24, 2.45) is 0 Å². The van der Waals surface area contributed by atoms with Gasteiger partial charge in [0.05, 0.1) is 4.90 Å². The topological polar surface area (TPSA) is 75.3 Å². The summed E-state index contributed by atoms with van der Waals surface area (Å²) in [6.45, 7) is 4.71. The Hall–Kier alpha value is -3.12. The number of hydrogen-bond donors (Lipinski definition) is 2. The van der Waals surface area contributed by atoms with Crippen molar-refractivity contribution in [1.29, 1.82) is 0 Å². The third-order valence-corrected chi connectivity index (χ3v) is 6.23. The minimum atomic E-state index is -3.72. The number of benzene rings is 3. The lowest BCUT2D eigenvalue weighted by atomic mass is 10.0. The van der Waals surface area contributed by atoms with Crippen molar-refractivity contribution >= 4 is 21.6 Å². The summed E-state index contributed by atoms with van der Waals surface area (Å²) < 4.78 is 28.0. The molecule has 0 atom stereocenters. The van der Waals surface area contributed by atoms with Crippen molar-refractivity contribution in [2.45, 2.75) is 31.6 Å². The van der Waals surface area contributed by atoms with E-state index in [4.69, 9.17) is 0 Å². The molecule has 156 valence electrons. The average molecular weight is 423 g/mol.